The standard InChI is InChI=1S/C16H24N4O3S/c1-2-3-13-18-19-16(24-13)20-9-11(8-14(20)22)15(23)17-5-4-10-6-12(21)7-10/h10-12,21H,2-9H2,1H3,(H,17,23). The predicted molar refractivity (Wildman–Crippen MR) is 90.7 cm³/mol. The first-order valence-corrected chi connectivity index (χ1v) is 9.47. The molecule has 1 aliphatic heterocycles. The van der Waals surface area contributed by atoms with E-state index in [4.69, 9.17) is 0 Å². The molecule has 1 aliphatic carbocycles. The van der Waals surface area contributed by atoms with E-state index in [1.807, 2.05) is 0 Å². The first-order valence-electron chi connectivity index (χ1n) is 8.65. The second-order valence-electron chi connectivity index (χ2n) is 6.70. The fourth-order valence-corrected chi connectivity index (χ4v) is 4.18. The van der Waals surface area contributed by atoms with E-state index in [1.54, 1.807) is 4.90 Å². The zero-order chi connectivity index (χ0) is 17.1. The molecule has 7 nitrogen and oxygen atoms in total. The molecule has 0 aromatic carbocycles. The lowest BCUT2D eigenvalue weighted by atomic mass is 9.80. The van der Waals surface area contributed by atoms with Gasteiger partial charge < -0.3 is 10.4 Å². The summed E-state index contributed by atoms with van der Waals surface area (Å²) < 4.78 is 0. The quantitative estimate of drug-likeness (QED) is 0.767. The van der Waals surface area contributed by atoms with Crippen LogP contribution in [0.2, 0.25) is 0 Å². The Balaban J connectivity index is 1.47. The summed E-state index contributed by atoms with van der Waals surface area (Å²) in [6.45, 7) is 3.07. The van der Waals surface area contributed by atoms with Crippen molar-refractivity contribution in [3.8, 4) is 0 Å². The van der Waals surface area contributed by atoms with Crippen LogP contribution in [0.4, 0.5) is 5.13 Å². The van der Waals surface area contributed by atoms with E-state index < -0.39 is 0 Å². The second-order valence-corrected chi connectivity index (χ2v) is 7.75. The van der Waals surface area contributed by atoms with Gasteiger partial charge in [0.2, 0.25) is 16.9 Å². The Labute approximate surface area is 145 Å². The van der Waals surface area contributed by atoms with Crippen LogP contribution in [0.25, 0.3) is 0 Å². The maximum atomic E-state index is 12.3. The van der Waals surface area contributed by atoms with Gasteiger partial charge in [0.05, 0.1) is 12.0 Å². The van der Waals surface area contributed by atoms with Crippen LogP contribution in [0.1, 0.15) is 44.0 Å². The molecular weight excluding hydrogens is 328 g/mol. The molecule has 2 aliphatic rings. The monoisotopic (exact) mass is 352 g/mol. The van der Waals surface area contributed by atoms with Crippen molar-refractivity contribution >= 4 is 28.3 Å². The minimum absolute atomic E-state index is 0.0588. The van der Waals surface area contributed by atoms with Gasteiger partial charge in [0, 0.05) is 25.9 Å². The number of aliphatic hydroxyl groups is 1. The van der Waals surface area contributed by atoms with E-state index >= 15 is 0 Å². The average molecular weight is 352 g/mol. The van der Waals surface area contributed by atoms with Gasteiger partial charge in [-0.2, -0.15) is 0 Å². The van der Waals surface area contributed by atoms with Gasteiger partial charge in [-0.15, -0.1) is 10.2 Å². The Morgan fingerprint density at radius 2 is 2.21 bits per heavy atom. The summed E-state index contributed by atoms with van der Waals surface area (Å²) >= 11 is 1.43. The highest BCUT2D eigenvalue weighted by Gasteiger charge is 2.36. The fourth-order valence-electron chi connectivity index (χ4n) is 3.22. The Morgan fingerprint density at radius 1 is 1.42 bits per heavy atom. The number of aliphatic hydroxyl groups excluding tert-OH is 1. The molecule has 132 valence electrons. The molecule has 1 atom stereocenters. The SMILES string of the molecule is CCCc1nnc(N2CC(C(=O)NCCC3CC(O)C3)CC2=O)s1. The van der Waals surface area contributed by atoms with Crippen molar-refractivity contribution in [2.45, 2.75) is 51.6 Å². The molecular formula is C16H24N4O3S. The van der Waals surface area contributed by atoms with E-state index in [9.17, 15) is 14.7 Å². The number of carbonyl (C=O) groups excluding carboxylic acids is 2. The zero-order valence-corrected chi connectivity index (χ0v) is 14.7. The summed E-state index contributed by atoms with van der Waals surface area (Å²) in [5, 5.41) is 21.9. The summed E-state index contributed by atoms with van der Waals surface area (Å²) in [4.78, 5) is 26.0. The van der Waals surface area contributed by atoms with E-state index in [-0.39, 0.29) is 30.3 Å². The largest absolute Gasteiger partial charge is 0.393 e. The molecule has 3 rings (SSSR count). The highest BCUT2D eigenvalue weighted by atomic mass is 32.1. The molecule has 0 bridgehead atoms. The number of aryl methyl sites for hydroxylation is 1. The molecule has 0 spiro atoms. The number of nitrogens with one attached hydrogen (secondary N) is 1. The molecule has 1 saturated heterocycles. The van der Waals surface area contributed by atoms with Gasteiger partial charge in [-0.3, -0.25) is 14.5 Å². The molecule has 2 heterocycles. The Bertz CT molecular complexity index is 600. The van der Waals surface area contributed by atoms with Gasteiger partial charge in [0.1, 0.15) is 5.01 Å². The molecule has 24 heavy (non-hydrogen) atoms. The minimum atomic E-state index is -0.317. The van der Waals surface area contributed by atoms with Gasteiger partial charge in [-0.1, -0.05) is 18.3 Å². The first-order chi connectivity index (χ1) is 11.6. The minimum Gasteiger partial charge on any atom is -0.393 e. The van der Waals surface area contributed by atoms with Gasteiger partial charge in [-0.05, 0) is 31.6 Å². The van der Waals surface area contributed by atoms with E-state index in [1.165, 1.54) is 11.3 Å². The van der Waals surface area contributed by atoms with Crippen molar-refractivity contribution in [2.24, 2.45) is 11.8 Å². The molecule has 2 amide bonds. The number of aromatic nitrogens is 2. The predicted octanol–water partition coefficient (Wildman–Crippen LogP) is 1.12. The van der Waals surface area contributed by atoms with Crippen LogP contribution in [-0.4, -0.2) is 46.3 Å². The third-order valence-corrected chi connectivity index (χ3v) is 5.72. The van der Waals surface area contributed by atoms with Crippen LogP contribution in [0.15, 0.2) is 0 Å². The van der Waals surface area contributed by atoms with Crippen LogP contribution in [0.3, 0.4) is 0 Å². The number of nitrogens with zero attached hydrogens (tertiary/aromatic N) is 3. The van der Waals surface area contributed by atoms with Crippen LogP contribution in [0.5, 0.6) is 0 Å². The van der Waals surface area contributed by atoms with Crippen molar-refractivity contribution in [1.29, 1.82) is 0 Å². The molecule has 2 fully saturated rings. The molecule has 1 saturated carbocycles. The second kappa shape index (κ2) is 7.57. The third kappa shape index (κ3) is 3.92. The molecule has 8 heteroatoms. The van der Waals surface area contributed by atoms with Gasteiger partial charge >= 0.3 is 0 Å². The summed E-state index contributed by atoms with van der Waals surface area (Å²) in [5.41, 5.74) is 0. The van der Waals surface area contributed by atoms with Crippen molar-refractivity contribution in [1.82, 2.24) is 15.5 Å². The molecule has 1 aromatic heterocycles. The Kier molecular flexibility index (Phi) is 5.45. The van der Waals surface area contributed by atoms with Gasteiger partial charge in [-0.25, -0.2) is 0 Å². The Hall–Kier alpha value is -1.54. The topological polar surface area (TPSA) is 95.4 Å². The summed E-state index contributed by atoms with van der Waals surface area (Å²) in [5.74, 6) is 0.0730. The van der Waals surface area contributed by atoms with E-state index in [2.05, 4.69) is 22.4 Å². The average Bonchev–Trinajstić information content (AvgIpc) is 3.12. The fraction of sp³-hybridized carbons (Fsp3) is 0.750. The van der Waals surface area contributed by atoms with Crippen molar-refractivity contribution in [3.63, 3.8) is 0 Å². The number of amides is 2. The van der Waals surface area contributed by atoms with Crippen LogP contribution in [0, 0.1) is 11.8 Å². The third-order valence-electron chi connectivity index (χ3n) is 4.71. The lowest BCUT2D eigenvalue weighted by Crippen LogP contribution is -2.36. The highest BCUT2D eigenvalue weighted by molar-refractivity contribution is 7.15. The molecule has 0 radical (unpaired) electrons. The normalized spacial score (nSPS) is 26.5. The van der Waals surface area contributed by atoms with Crippen molar-refractivity contribution < 1.29 is 14.7 Å². The number of hydrogen-bond donors (Lipinski definition) is 2. The molecule has 2 N–H and O–H groups in total. The van der Waals surface area contributed by atoms with Crippen molar-refractivity contribution in [2.75, 3.05) is 18.0 Å². The van der Waals surface area contributed by atoms with E-state index in [0.717, 1.165) is 37.1 Å². The maximum Gasteiger partial charge on any atom is 0.229 e. The number of hydrogen-bond acceptors (Lipinski definition) is 6. The number of anilines is 1. The summed E-state index contributed by atoms with van der Waals surface area (Å²) in [6, 6.07) is 0. The lowest BCUT2D eigenvalue weighted by Gasteiger charge is -2.31. The zero-order valence-electron chi connectivity index (χ0n) is 13.9. The van der Waals surface area contributed by atoms with Gasteiger partial charge in [0.25, 0.3) is 0 Å². The van der Waals surface area contributed by atoms with Crippen LogP contribution >= 0.6 is 11.3 Å². The lowest BCUT2D eigenvalue weighted by molar-refractivity contribution is -0.126. The number of rotatable bonds is 7. The van der Waals surface area contributed by atoms with E-state index in [0.29, 0.717) is 24.1 Å². The Morgan fingerprint density at radius 3 is 2.92 bits per heavy atom. The number of carbonyl (C=O) groups is 2. The summed E-state index contributed by atoms with van der Waals surface area (Å²) in [7, 11) is 0. The highest BCUT2D eigenvalue weighted by Crippen LogP contribution is 2.30. The summed E-state index contributed by atoms with van der Waals surface area (Å²) in [6.07, 6.45) is 4.49. The van der Waals surface area contributed by atoms with Crippen molar-refractivity contribution in [3.05, 3.63) is 5.01 Å². The smallest absolute Gasteiger partial charge is 0.229 e. The molecule has 1 aromatic rings. The first kappa shape index (κ1) is 17.3. The van der Waals surface area contributed by atoms with Crippen LogP contribution in [-0.2, 0) is 16.0 Å². The molecule has 1 unspecified atom stereocenters. The van der Waals surface area contributed by atoms with Gasteiger partial charge in [0.15, 0.2) is 0 Å². The maximum absolute atomic E-state index is 12.3. The van der Waals surface area contributed by atoms with Crippen LogP contribution < -0.4 is 10.2 Å².